The second-order valence-corrected chi connectivity index (χ2v) is 8.56. The van der Waals surface area contributed by atoms with E-state index in [-0.39, 0.29) is 24.7 Å². The molecule has 33 heavy (non-hydrogen) atoms. The predicted molar refractivity (Wildman–Crippen MR) is 126 cm³/mol. The number of rotatable bonds is 6. The third-order valence-corrected chi connectivity index (χ3v) is 6.31. The van der Waals surface area contributed by atoms with E-state index in [1.165, 1.54) is 4.90 Å². The summed E-state index contributed by atoms with van der Waals surface area (Å²) in [6.07, 6.45) is 0. The summed E-state index contributed by atoms with van der Waals surface area (Å²) < 4.78 is 5.37. The number of esters is 1. The molecule has 10 heteroatoms. The third kappa shape index (κ3) is 5.42. The van der Waals surface area contributed by atoms with Gasteiger partial charge < -0.3 is 20.3 Å². The summed E-state index contributed by atoms with van der Waals surface area (Å²) in [6, 6.07) is 6.00. The average molecular weight is 478 g/mol. The molecule has 0 unspecified atom stereocenters. The van der Waals surface area contributed by atoms with E-state index < -0.39 is 12.0 Å². The molecular weight excluding hydrogens is 446 g/mol. The number of hydrogen-bond donors (Lipinski definition) is 2. The fourth-order valence-electron chi connectivity index (χ4n) is 4.28. The zero-order chi connectivity index (χ0) is 24.1. The lowest BCUT2D eigenvalue weighted by molar-refractivity contribution is -0.139. The van der Waals surface area contributed by atoms with Gasteiger partial charge in [-0.05, 0) is 32.4 Å². The normalized spacial score (nSPS) is 21.7. The summed E-state index contributed by atoms with van der Waals surface area (Å²) in [5.41, 5.74) is 1.57. The molecule has 1 aromatic carbocycles. The average Bonchev–Trinajstić information content (AvgIpc) is 2.77. The summed E-state index contributed by atoms with van der Waals surface area (Å²) in [7, 11) is 1.64. The fourth-order valence-corrected chi connectivity index (χ4v) is 4.53. The van der Waals surface area contributed by atoms with Crippen LogP contribution >= 0.6 is 11.6 Å². The number of nitrogens with zero attached hydrogens (tertiary/aromatic N) is 3. The van der Waals surface area contributed by atoms with Crippen molar-refractivity contribution in [3.8, 4) is 0 Å². The van der Waals surface area contributed by atoms with Crippen LogP contribution in [0.2, 0.25) is 5.02 Å². The maximum atomic E-state index is 13.1. The summed E-state index contributed by atoms with van der Waals surface area (Å²) in [5, 5.41) is 6.19. The highest BCUT2D eigenvalue weighted by Gasteiger charge is 2.39. The Kier molecular flexibility index (Phi) is 8.20. The van der Waals surface area contributed by atoms with E-state index in [2.05, 4.69) is 15.5 Å². The standard InChI is InChI=1S/C23H32ClN5O4/c1-5-25-22(31)29-12-11-28(13-15(29)3)14-18-19(21(30)33-6-2)20(26-23(32)27(18)4)16-9-7-8-10-17(16)24/h7-10,15,20H,5-6,11-14H2,1-4H3,(H,25,31)(H,26,32)/t15-,20+/m1/s1. The molecule has 0 spiro atoms. The highest BCUT2D eigenvalue weighted by molar-refractivity contribution is 6.31. The van der Waals surface area contributed by atoms with E-state index in [9.17, 15) is 14.4 Å². The minimum absolute atomic E-state index is 0.0148. The Hall–Kier alpha value is -2.78. The molecule has 0 aliphatic carbocycles. The second-order valence-electron chi connectivity index (χ2n) is 8.16. The molecule has 2 aliphatic heterocycles. The molecule has 1 saturated heterocycles. The fraction of sp³-hybridized carbons (Fsp3) is 0.522. The Morgan fingerprint density at radius 1 is 1.24 bits per heavy atom. The van der Waals surface area contributed by atoms with Crippen LogP contribution in [0, 0.1) is 0 Å². The maximum Gasteiger partial charge on any atom is 0.338 e. The summed E-state index contributed by atoms with van der Waals surface area (Å²) in [5.74, 6) is -0.488. The van der Waals surface area contributed by atoms with Crippen LogP contribution in [0.15, 0.2) is 35.5 Å². The Labute approximate surface area is 199 Å². The number of piperazine rings is 1. The van der Waals surface area contributed by atoms with Crippen molar-refractivity contribution < 1.29 is 19.1 Å². The number of carbonyl (C=O) groups is 3. The van der Waals surface area contributed by atoms with Gasteiger partial charge in [-0.25, -0.2) is 14.4 Å². The Morgan fingerprint density at radius 3 is 2.61 bits per heavy atom. The quantitative estimate of drug-likeness (QED) is 0.614. The minimum Gasteiger partial charge on any atom is -0.463 e. The first-order chi connectivity index (χ1) is 15.8. The van der Waals surface area contributed by atoms with Crippen LogP contribution < -0.4 is 10.6 Å². The number of urea groups is 2. The molecule has 0 aromatic heterocycles. The molecule has 2 N–H and O–H groups in total. The van der Waals surface area contributed by atoms with E-state index in [0.717, 1.165) is 0 Å². The molecule has 2 heterocycles. The molecular formula is C23H32ClN5O4. The van der Waals surface area contributed by atoms with E-state index in [4.69, 9.17) is 16.3 Å². The number of carbonyl (C=O) groups excluding carboxylic acids is 3. The van der Waals surface area contributed by atoms with Crippen molar-refractivity contribution in [2.45, 2.75) is 32.9 Å². The van der Waals surface area contributed by atoms with Gasteiger partial charge in [0.15, 0.2) is 0 Å². The lowest BCUT2D eigenvalue weighted by Gasteiger charge is -2.42. The molecule has 0 radical (unpaired) electrons. The maximum absolute atomic E-state index is 13.1. The Morgan fingerprint density at radius 2 is 1.97 bits per heavy atom. The van der Waals surface area contributed by atoms with Crippen LogP contribution in [0.25, 0.3) is 0 Å². The van der Waals surface area contributed by atoms with Crippen LogP contribution in [0.5, 0.6) is 0 Å². The van der Waals surface area contributed by atoms with Gasteiger partial charge >= 0.3 is 18.0 Å². The topological polar surface area (TPSA) is 94.2 Å². The molecule has 180 valence electrons. The van der Waals surface area contributed by atoms with Gasteiger partial charge in [-0.1, -0.05) is 29.8 Å². The van der Waals surface area contributed by atoms with Gasteiger partial charge in [0.2, 0.25) is 0 Å². The molecule has 0 bridgehead atoms. The van der Waals surface area contributed by atoms with Crippen LogP contribution in [-0.2, 0) is 9.53 Å². The van der Waals surface area contributed by atoms with Gasteiger partial charge in [0.1, 0.15) is 0 Å². The molecule has 2 atom stereocenters. The zero-order valence-corrected chi connectivity index (χ0v) is 20.3. The van der Waals surface area contributed by atoms with Crippen molar-refractivity contribution >= 4 is 29.6 Å². The zero-order valence-electron chi connectivity index (χ0n) is 19.6. The van der Waals surface area contributed by atoms with Crippen molar-refractivity contribution in [1.82, 2.24) is 25.3 Å². The van der Waals surface area contributed by atoms with Gasteiger partial charge in [0, 0.05) is 56.5 Å². The van der Waals surface area contributed by atoms with Gasteiger partial charge in [0.25, 0.3) is 0 Å². The van der Waals surface area contributed by atoms with Crippen LogP contribution in [0.1, 0.15) is 32.4 Å². The molecule has 0 saturated carbocycles. The van der Waals surface area contributed by atoms with Crippen molar-refractivity contribution in [3.05, 3.63) is 46.1 Å². The van der Waals surface area contributed by atoms with Gasteiger partial charge in [-0.2, -0.15) is 0 Å². The van der Waals surface area contributed by atoms with Crippen molar-refractivity contribution in [2.24, 2.45) is 0 Å². The highest BCUT2D eigenvalue weighted by Crippen LogP contribution is 2.34. The van der Waals surface area contributed by atoms with Crippen molar-refractivity contribution in [3.63, 3.8) is 0 Å². The lowest BCUT2D eigenvalue weighted by Crippen LogP contribution is -2.57. The Bertz CT molecular complexity index is 937. The lowest BCUT2D eigenvalue weighted by atomic mass is 9.94. The number of benzene rings is 1. The van der Waals surface area contributed by atoms with Gasteiger partial charge in [0.05, 0.1) is 18.2 Å². The number of nitrogens with one attached hydrogen (secondary N) is 2. The number of halogens is 1. The Balaban J connectivity index is 1.94. The molecule has 3 rings (SSSR count). The van der Waals surface area contributed by atoms with Crippen molar-refractivity contribution in [2.75, 3.05) is 46.4 Å². The highest BCUT2D eigenvalue weighted by atomic mass is 35.5. The predicted octanol–water partition coefficient (Wildman–Crippen LogP) is 2.59. The molecule has 9 nitrogen and oxygen atoms in total. The minimum atomic E-state index is -0.717. The van der Waals surface area contributed by atoms with Crippen LogP contribution in [0.3, 0.4) is 0 Å². The largest absolute Gasteiger partial charge is 0.463 e. The third-order valence-electron chi connectivity index (χ3n) is 5.96. The number of hydrogen-bond acceptors (Lipinski definition) is 5. The first kappa shape index (κ1) is 24.9. The second kappa shape index (κ2) is 10.9. The first-order valence-electron chi connectivity index (χ1n) is 11.2. The number of ether oxygens (including phenoxy) is 1. The molecule has 4 amide bonds. The smallest absolute Gasteiger partial charge is 0.338 e. The van der Waals surface area contributed by atoms with Crippen LogP contribution in [-0.4, -0.2) is 85.2 Å². The first-order valence-corrected chi connectivity index (χ1v) is 11.6. The van der Waals surface area contributed by atoms with E-state index in [1.54, 1.807) is 32.2 Å². The van der Waals surface area contributed by atoms with E-state index >= 15 is 0 Å². The summed E-state index contributed by atoms with van der Waals surface area (Å²) >= 11 is 6.43. The summed E-state index contributed by atoms with van der Waals surface area (Å²) in [4.78, 5) is 43.7. The molecule has 2 aliphatic rings. The number of amides is 4. The summed E-state index contributed by atoms with van der Waals surface area (Å²) in [6.45, 7) is 8.57. The number of likely N-dealkylation sites (N-methyl/N-ethyl adjacent to an activating group) is 1. The van der Waals surface area contributed by atoms with Crippen LogP contribution in [0.4, 0.5) is 9.59 Å². The molecule has 1 fully saturated rings. The van der Waals surface area contributed by atoms with Gasteiger partial charge in [-0.3, -0.25) is 9.80 Å². The van der Waals surface area contributed by atoms with Gasteiger partial charge in [-0.15, -0.1) is 0 Å². The molecule has 1 aromatic rings. The van der Waals surface area contributed by atoms with Crippen molar-refractivity contribution in [1.29, 1.82) is 0 Å². The monoisotopic (exact) mass is 477 g/mol. The van der Waals surface area contributed by atoms with E-state index in [1.807, 2.05) is 24.8 Å². The SMILES string of the molecule is CCNC(=O)N1CCN(CC2=C(C(=O)OCC)[C@H](c3ccccc3Cl)NC(=O)N2C)C[C@H]1C. The van der Waals surface area contributed by atoms with E-state index in [0.29, 0.717) is 54.6 Å².